The molecule has 0 saturated carbocycles. The smallest absolute Gasteiger partial charge is 0.183 e. The normalized spacial score (nSPS) is 19.1. The van der Waals surface area contributed by atoms with Crippen molar-refractivity contribution in [2.24, 2.45) is 0 Å². The van der Waals surface area contributed by atoms with E-state index in [1.807, 2.05) is 33.0 Å². The molecular formula is C12H15NO. The van der Waals surface area contributed by atoms with Gasteiger partial charge < -0.3 is 4.57 Å². The molecule has 0 spiro atoms. The van der Waals surface area contributed by atoms with Gasteiger partial charge >= 0.3 is 0 Å². The van der Waals surface area contributed by atoms with Gasteiger partial charge in [0.25, 0.3) is 0 Å². The first-order valence-electron chi connectivity index (χ1n) is 4.85. The van der Waals surface area contributed by atoms with Gasteiger partial charge in [-0.15, -0.1) is 0 Å². The summed E-state index contributed by atoms with van der Waals surface area (Å²) in [6.45, 7) is 7.87. The summed E-state index contributed by atoms with van der Waals surface area (Å²) in [5.74, 6) is 0.209. The maximum absolute atomic E-state index is 11.9. The molecular weight excluding hydrogens is 174 g/mol. The van der Waals surface area contributed by atoms with Gasteiger partial charge in [-0.1, -0.05) is 0 Å². The Hall–Kier alpha value is -1.31. The number of aryl methyl sites for hydroxylation is 1. The fourth-order valence-electron chi connectivity index (χ4n) is 2.09. The average Bonchev–Trinajstić information content (AvgIpc) is 2.44. The lowest BCUT2D eigenvalue weighted by molar-refractivity contribution is -0.122. The number of ketones is 1. The van der Waals surface area contributed by atoms with E-state index >= 15 is 0 Å². The topological polar surface area (TPSA) is 22.0 Å². The molecule has 0 aromatic carbocycles. The number of rotatable bonds is 0. The van der Waals surface area contributed by atoms with Crippen molar-refractivity contribution in [3.8, 4) is 0 Å². The van der Waals surface area contributed by atoms with Crippen LogP contribution in [0.2, 0.25) is 0 Å². The van der Waals surface area contributed by atoms with Crippen LogP contribution in [0, 0.1) is 6.92 Å². The van der Waals surface area contributed by atoms with Gasteiger partial charge in [0.15, 0.2) is 5.78 Å². The van der Waals surface area contributed by atoms with Gasteiger partial charge in [0.2, 0.25) is 0 Å². The summed E-state index contributed by atoms with van der Waals surface area (Å²) in [5.41, 5.74) is 2.75. The van der Waals surface area contributed by atoms with Crippen molar-refractivity contribution in [2.45, 2.75) is 33.2 Å². The molecule has 0 bridgehead atoms. The molecule has 2 rings (SSSR count). The van der Waals surface area contributed by atoms with Gasteiger partial charge in [0, 0.05) is 11.9 Å². The number of nitrogens with zero attached hydrogens (tertiary/aromatic N) is 1. The molecule has 2 heteroatoms. The van der Waals surface area contributed by atoms with E-state index in [0.29, 0.717) is 0 Å². The van der Waals surface area contributed by atoms with Crippen molar-refractivity contribution >= 4 is 11.9 Å². The Morgan fingerprint density at radius 1 is 1.29 bits per heavy atom. The van der Waals surface area contributed by atoms with Gasteiger partial charge in [0.05, 0.1) is 0 Å². The lowest BCUT2D eigenvalue weighted by Crippen LogP contribution is -2.38. The molecule has 0 atom stereocenters. The SMILES string of the molecule is CC1=Cc2cc(C)cn2C(C)(C)C1=O. The van der Waals surface area contributed by atoms with E-state index in [1.165, 1.54) is 5.56 Å². The average molecular weight is 189 g/mol. The quantitative estimate of drug-likeness (QED) is 0.614. The third-order valence-electron chi connectivity index (χ3n) is 2.87. The number of carbonyl (C=O) groups excluding carboxylic acids is 1. The lowest BCUT2D eigenvalue weighted by Gasteiger charge is -2.31. The monoisotopic (exact) mass is 189 g/mol. The summed E-state index contributed by atoms with van der Waals surface area (Å²) in [6.07, 6.45) is 4.00. The highest BCUT2D eigenvalue weighted by molar-refractivity contribution is 6.05. The summed E-state index contributed by atoms with van der Waals surface area (Å²) in [7, 11) is 0. The van der Waals surface area contributed by atoms with E-state index in [-0.39, 0.29) is 5.78 Å². The Morgan fingerprint density at radius 3 is 2.57 bits per heavy atom. The third kappa shape index (κ3) is 1.07. The second kappa shape index (κ2) is 2.59. The van der Waals surface area contributed by atoms with Gasteiger partial charge in [-0.3, -0.25) is 4.79 Å². The molecule has 0 saturated heterocycles. The molecule has 14 heavy (non-hydrogen) atoms. The first-order chi connectivity index (χ1) is 6.43. The molecule has 74 valence electrons. The van der Waals surface area contributed by atoms with Gasteiger partial charge in [-0.25, -0.2) is 0 Å². The van der Waals surface area contributed by atoms with Crippen LogP contribution < -0.4 is 0 Å². The fraction of sp³-hybridized carbons (Fsp3) is 0.417. The van der Waals surface area contributed by atoms with E-state index in [9.17, 15) is 4.79 Å². The Morgan fingerprint density at radius 2 is 1.93 bits per heavy atom. The highest BCUT2D eigenvalue weighted by Crippen LogP contribution is 2.30. The van der Waals surface area contributed by atoms with E-state index in [1.54, 1.807) is 0 Å². The summed E-state index contributed by atoms with van der Waals surface area (Å²) in [5, 5.41) is 0. The third-order valence-corrected chi connectivity index (χ3v) is 2.87. The molecule has 1 aliphatic heterocycles. The van der Waals surface area contributed by atoms with Crippen LogP contribution in [0.4, 0.5) is 0 Å². The van der Waals surface area contributed by atoms with Crippen LogP contribution >= 0.6 is 0 Å². The molecule has 0 N–H and O–H groups in total. The minimum absolute atomic E-state index is 0.209. The molecule has 1 aliphatic rings. The first kappa shape index (κ1) is 9.25. The van der Waals surface area contributed by atoms with Crippen molar-refractivity contribution in [3.05, 3.63) is 29.1 Å². The van der Waals surface area contributed by atoms with Crippen molar-refractivity contribution < 1.29 is 4.79 Å². The number of allylic oxidation sites excluding steroid dienone is 1. The highest BCUT2D eigenvalue weighted by atomic mass is 16.1. The maximum Gasteiger partial charge on any atom is 0.183 e. The standard InChI is InChI=1S/C12H15NO/c1-8-5-10-6-9(2)11(14)12(3,4)13(10)7-8/h5-7H,1-4H3. The molecule has 2 nitrogen and oxygen atoms in total. The van der Waals surface area contributed by atoms with Crippen LogP contribution in [0.25, 0.3) is 6.08 Å². The molecule has 0 aliphatic carbocycles. The van der Waals surface area contributed by atoms with Gasteiger partial charge in [-0.05, 0) is 51.0 Å². The highest BCUT2D eigenvalue weighted by Gasteiger charge is 2.34. The number of hydrogen-bond donors (Lipinski definition) is 0. The molecule has 0 amide bonds. The predicted molar refractivity (Wildman–Crippen MR) is 57.1 cm³/mol. The Labute approximate surface area is 84.2 Å². The van der Waals surface area contributed by atoms with Crippen molar-refractivity contribution in [3.63, 3.8) is 0 Å². The number of fused-ring (bicyclic) bond motifs is 1. The van der Waals surface area contributed by atoms with Crippen LogP contribution in [0.5, 0.6) is 0 Å². The minimum Gasteiger partial charge on any atom is -0.335 e. The van der Waals surface area contributed by atoms with E-state index < -0.39 is 5.54 Å². The summed E-state index contributed by atoms with van der Waals surface area (Å²) in [6, 6.07) is 2.11. The molecule has 0 fully saturated rings. The number of aromatic nitrogens is 1. The Balaban J connectivity index is 2.70. The number of Topliss-reactive ketones (excluding diaryl/α,β-unsaturated/α-hetero) is 1. The molecule has 2 heterocycles. The summed E-state index contributed by atoms with van der Waals surface area (Å²) >= 11 is 0. The Kier molecular flexibility index (Phi) is 1.71. The van der Waals surface area contributed by atoms with Crippen molar-refractivity contribution in [1.82, 2.24) is 4.57 Å². The number of carbonyl (C=O) groups is 1. The predicted octanol–water partition coefficient (Wildman–Crippen LogP) is 2.52. The number of hydrogen-bond acceptors (Lipinski definition) is 1. The van der Waals surface area contributed by atoms with Crippen LogP contribution in [-0.4, -0.2) is 10.4 Å². The second-order valence-corrected chi connectivity index (χ2v) is 4.53. The zero-order chi connectivity index (χ0) is 10.5. The van der Waals surface area contributed by atoms with Gasteiger partial charge in [0.1, 0.15) is 5.54 Å². The summed E-state index contributed by atoms with van der Waals surface area (Å²) in [4.78, 5) is 11.9. The van der Waals surface area contributed by atoms with Gasteiger partial charge in [-0.2, -0.15) is 0 Å². The molecule has 0 radical (unpaired) electrons. The van der Waals surface area contributed by atoms with E-state index in [0.717, 1.165) is 11.3 Å². The lowest BCUT2D eigenvalue weighted by atomic mass is 9.90. The van der Waals surface area contributed by atoms with Crippen molar-refractivity contribution in [2.75, 3.05) is 0 Å². The Bertz CT molecular complexity index is 435. The molecule has 0 unspecified atom stereocenters. The van der Waals surface area contributed by atoms with Crippen LogP contribution in [0.3, 0.4) is 0 Å². The second-order valence-electron chi connectivity index (χ2n) is 4.53. The van der Waals surface area contributed by atoms with Crippen LogP contribution in [0.1, 0.15) is 32.0 Å². The largest absolute Gasteiger partial charge is 0.335 e. The summed E-state index contributed by atoms with van der Waals surface area (Å²) < 4.78 is 2.05. The minimum atomic E-state index is -0.428. The van der Waals surface area contributed by atoms with Crippen LogP contribution in [0.15, 0.2) is 17.8 Å². The molecule has 1 aromatic heterocycles. The van der Waals surface area contributed by atoms with E-state index in [4.69, 9.17) is 0 Å². The molecule has 1 aromatic rings. The van der Waals surface area contributed by atoms with Crippen LogP contribution in [-0.2, 0) is 10.3 Å². The zero-order valence-corrected chi connectivity index (χ0v) is 9.09. The fourth-order valence-corrected chi connectivity index (χ4v) is 2.09. The van der Waals surface area contributed by atoms with E-state index in [2.05, 4.69) is 17.6 Å². The first-order valence-corrected chi connectivity index (χ1v) is 4.85. The maximum atomic E-state index is 11.9. The van der Waals surface area contributed by atoms with Crippen molar-refractivity contribution in [1.29, 1.82) is 0 Å². The zero-order valence-electron chi connectivity index (χ0n) is 9.09.